The summed E-state index contributed by atoms with van der Waals surface area (Å²) in [5, 5.41) is 10.1. The molecular weight excluding hydrogens is 380 g/mol. The van der Waals surface area contributed by atoms with E-state index in [-0.39, 0.29) is 23.6 Å². The lowest BCUT2D eigenvalue weighted by Crippen LogP contribution is -2.17. The predicted octanol–water partition coefficient (Wildman–Crippen LogP) is 3.67. The van der Waals surface area contributed by atoms with Crippen LogP contribution in [-0.4, -0.2) is 35.3 Å². The number of benzene rings is 2. The first-order chi connectivity index (χ1) is 13.5. The molecule has 144 valence electrons. The summed E-state index contributed by atoms with van der Waals surface area (Å²) in [5.74, 6) is -0.668. The van der Waals surface area contributed by atoms with Gasteiger partial charge >= 0.3 is 0 Å². The SMILES string of the molecule is COCC(=O)Nc1cccc(NC(=O)c2c(C)nn(-c3ccccc3)c2Cl)c1. The number of carbonyl (C=O) groups excluding carboxylic acids is 2. The lowest BCUT2D eigenvalue weighted by molar-refractivity contribution is -0.119. The molecule has 0 saturated heterocycles. The number of halogens is 1. The molecule has 3 rings (SSSR count). The number of ether oxygens (including phenoxy) is 1. The first-order valence-corrected chi connectivity index (χ1v) is 8.88. The van der Waals surface area contributed by atoms with Crippen LogP contribution in [-0.2, 0) is 9.53 Å². The highest BCUT2D eigenvalue weighted by molar-refractivity contribution is 6.34. The van der Waals surface area contributed by atoms with Crippen LogP contribution in [0.1, 0.15) is 16.1 Å². The monoisotopic (exact) mass is 398 g/mol. The minimum Gasteiger partial charge on any atom is -0.375 e. The number of nitrogens with zero attached hydrogens (tertiary/aromatic N) is 2. The van der Waals surface area contributed by atoms with E-state index in [4.69, 9.17) is 16.3 Å². The molecule has 1 aromatic heterocycles. The highest BCUT2D eigenvalue weighted by Gasteiger charge is 2.21. The molecule has 2 amide bonds. The Morgan fingerprint density at radius 2 is 1.75 bits per heavy atom. The Hall–Kier alpha value is -3.16. The van der Waals surface area contributed by atoms with Crippen LogP contribution in [0.25, 0.3) is 5.69 Å². The highest BCUT2D eigenvalue weighted by atomic mass is 35.5. The Balaban J connectivity index is 1.81. The topological polar surface area (TPSA) is 85.2 Å². The van der Waals surface area contributed by atoms with Crippen molar-refractivity contribution < 1.29 is 14.3 Å². The van der Waals surface area contributed by atoms with Crippen LogP contribution in [0.2, 0.25) is 5.15 Å². The normalized spacial score (nSPS) is 10.5. The highest BCUT2D eigenvalue weighted by Crippen LogP contribution is 2.25. The summed E-state index contributed by atoms with van der Waals surface area (Å²) in [5.41, 5.74) is 2.62. The third-order valence-electron chi connectivity index (χ3n) is 3.91. The van der Waals surface area contributed by atoms with Crippen molar-refractivity contribution >= 4 is 34.8 Å². The minimum atomic E-state index is -0.384. The second-order valence-electron chi connectivity index (χ2n) is 6.01. The maximum Gasteiger partial charge on any atom is 0.260 e. The molecule has 0 spiro atoms. The van der Waals surface area contributed by atoms with E-state index < -0.39 is 0 Å². The van der Waals surface area contributed by atoms with Crippen LogP contribution >= 0.6 is 11.6 Å². The van der Waals surface area contributed by atoms with Crippen molar-refractivity contribution in [2.75, 3.05) is 24.4 Å². The molecule has 2 aromatic carbocycles. The van der Waals surface area contributed by atoms with Crippen LogP contribution < -0.4 is 10.6 Å². The molecule has 0 bridgehead atoms. The van der Waals surface area contributed by atoms with Crippen LogP contribution in [0.15, 0.2) is 54.6 Å². The summed E-state index contributed by atoms with van der Waals surface area (Å²) in [7, 11) is 1.44. The number of carbonyl (C=O) groups is 2. The van der Waals surface area contributed by atoms with E-state index in [1.54, 1.807) is 31.2 Å². The van der Waals surface area contributed by atoms with Crippen LogP contribution in [0.4, 0.5) is 11.4 Å². The third kappa shape index (κ3) is 4.39. The fourth-order valence-electron chi connectivity index (χ4n) is 2.69. The van der Waals surface area contributed by atoms with Gasteiger partial charge in [-0.05, 0) is 37.3 Å². The number of amides is 2. The average molecular weight is 399 g/mol. The lowest BCUT2D eigenvalue weighted by Gasteiger charge is -2.09. The Morgan fingerprint density at radius 3 is 2.43 bits per heavy atom. The smallest absolute Gasteiger partial charge is 0.260 e. The number of aryl methyl sites for hydroxylation is 1. The predicted molar refractivity (Wildman–Crippen MR) is 108 cm³/mol. The molecular formula is C20H19ClN4O3. The molecule has 0 aliphatic heterocycles. The van der Waals surface area contributed by atoms with Crippen molar-refractivity contribution in [1.29, 1.82) is 0 Å². The molecule has 28 heavy (non-hydrogen) atoms. The van der Waals surface area contributed by atoms with Crippen LogP contribution in [0.5, 0.6) is 0 Å². The molecule has 0 radical (unpaired) electrons. The zero-order valence-electron chi connectivity index (χ0n) is 15.4. The third-order valence-corrected chi connectivity index (χ3v) is 4.26. The number of para-hydroxylation sites is 1. The molecule has 0 aliphatic rings. The summed E-state index contributed by atoms with van der Waals surface area (Å²) in [6, 6.07) is 16.1. The Morgan fingerprint density at radius 1 is 1.07 bits per heavy atom. The fourth-order valence-corrected chi connectivity index (χ4v) is 3.05. The first kappa shape index (κ1) is 19.6. The Bertz CT molecular complexity index is 1000. The van der Waals surface area contributed by atoms with Gasteiger partial charge in [0.2, 0.25) is 5.91 Å². The molecule has 0 atom stereocenters. The summed E-state index contributed by atoms with van der Waals surface area (Å²) in [6.45, 7) is 1.67. The summed E-state index contributed by atoms with van der Waals surface area (Å²) in [6.07, 6.45) is 0. The second kappa shape index (κ2) is 8.69. The van der Waals surface area contributed by atoms with Crippen molar-refractivity contribution in [3.63, 3.8) is 0 Å². The van der Waals surface area contributed by atoms with Crippen molar-refractivity contribution in [2.45, 2.75) is 6.92 Å². The summed E-state index contributed by atoms with van der Waals surface area (Å²) >= 11 is 6.43. The van der Waals surface area contributed by atoms with Gasteiger partial charge in [-0.2, -0.15) is 5.10 Å². The van der Waals surface area contributed by atoms with Gasteiger partial charge < -0.3 is 15.4 Å². The molecule has 3 aromatic rings. The Labute approximate surface area is 167 Å². The largest absolute Gasteiger partial charge is 0.375 e. The molecule has 2 N–H and O–H groups in total. The number of hydrogen-bond donors (Lipinski definition) is 2. The van der Waals surface area contributed by atoms with E-state index in [0.717, 1.165) is 5.69 Å². The summed E-state index contributed by atoms with van der Waals surface area (Å²) in [4.78, 5) is 24.4. The van der Waals surface area contributed by atoms with Crippen molar-refractivity contribution in [1.82, 2.24) is 9.78 Å². The van der Waals surface area contributed by atoms with Crippen molar-refractivity contribution in [3.8, 4) is 5.69 Å². The van der Waals surface area contributed by atoms with Crippen LogP contribution in [0.3, 0.4) is 0 Å². The molecule has 0 unspecified atom stereocenters. The molecule has 7 nitrogen and oxygen atoms in total. The van der Waals surface area contributed by atoms with Gasteiger partial charge in [-0.3, -0.25) is 9.59 Å². The van der Waals surface area contributed by atoms with E-state index >= 15 is 0 Å². The van der Waals surface area contributed by atoms with Gasteiger partial charge in [-0.25, -0.2) is 4.68 Å². The van der Waals surface area contributed by atoms with E-state index in [1.165, 1.54) is 11.8 Å². The fraction of sp³-hybridized carbons (Fsp3) is 0.150. The van der Waals surface area contributed by atoms with Gasteiger partial charge in [0, 0.05) is 18.5 Å². The number of hydrogen-bond acceptors (Lipinski definition) is 4. The van der Waals surface area contributed by atoms with E-state index in [2.05, 4.69) is 15.7 Å². The number of methoxy groups -OCH3 is 1. The van der Waals surface area contributed by atoms with E-state index in [1.807, 2.05) is 30.3 Å². The van der Waals surface area contributed by atoms with Gasteiger partial charge in [0.1, 0.15) is 17.3 Å². The number of nitrogens with one attached hydrogen (secondary N) is 2. The number of anilines is 2. The Kier molecular flexibility index (Phi) is 6.08. The molecule has 0 saturated carbocycles. The zero-order valence-corrected chi connectivity index (χ0v) is 16.2. The maximum atomic E-state index is 12.8. The van der Waals surface area contributed by atoms with E-state index in [0.29, 0.717) is 22.6 Å². The first-order valence-electron chi connectivity index (χ1n) is 8.50. The summed E-state index contributed by atoms with van der Waals surface area (Å²) < 4.78 is 6.31. The minimum absolute atomic E-state index is 0.0515. The molecule has 0 aliphatic carbocycles. The zero-order chi connectivity index (χ0) is 20.1. The van der Waals surface area contributed by atoms with Gasteiger partial charge in [-0.1, -0.05) is 35.9 Å². The van der Waals surface area contributed by atoms with E-state index in [9.17, 15) is 9.59 Å². The van der Waals surface area contributed by atoms with Gasteiger partial charge in [-0.15, -0.1) is 0 Å². The van der Waals surface area contributed by atoms with Gasteiger partial charge in [0.05, 0.1) is 11.4 Å². The standard InChI is InChI=1S/C20H19ClN4O3/c1-13-18(19(21)25(24-13)16-9-4-3-5-10-16)20(27)23-15-8-6-7-14(11-15)22-17(26)12-28-2/h3-11H,12H2,1-2H3,(H,22,26)(H,23,27). The molecule has 8 heteroatoms. The van der Waals surface area contributed by atoms with Crippen molar-refractivity contribution in [2.24, 2.45) is 0 Å². The lowest BCUT2D eigenvalue weighted by atomic mass is 10.2. The maximum absolute atomic E-state index is 12.8. The molecule has 1 heterocycles. The average Bonchev–Trinajstić information content (AvgIpc) is 2.97. The number of rotatable bonds is 6. The van der Waals surface area contributed by atoms with Crippen molar-refractivity contribution in [3.05, 3.63) is 71.0 Å². The van der Waals surface area contributed by atoms with Gasteiger partial charge in [0.25, 0.3) is 5.91 Å². The van der Waals surface area contributed by atoms with Gasteiger partial charge in [0.15, 0.2) is 0 Å². The van der Waals surface area contributed by atoms with Crippen LogP contribution in [0, 0.1) is 6.92 Å². The molecule has 0 fully saturated rings. The second-order valence-corrected chi connectivity index (χ2v) is 6.37. The number of aromatic nitrogens is 2. The quantitative estimate of drug-likeness (QED) is 0.663.